The molecule has 1 N–H and O–H groups in total. The molecule has 0 unspecified atom stereocenters. The molecule has 4 nitrogen and oxygen atoms in total. The van der Waals surface area contributed by atoms with E-state index in [2.05, 4.69) is 9.97 Å². The van der Waals surface area contributed by atoms with Crippen LogP contribution in [0.5, 0.6) is 0 Å². The summed E-state index contributed by atoms with van der Waals surface area (Å²) in [6.07, 6.45) is 6.74. The highest BCUT2D eigenvalue weighted by Gasteiger charge is 2.16. The molecule has 1 aromatic carbocycles. The molecule has 0 bridgehead atoms. The number of benzene rings is 1. The second-order valence-electron chi connectivity index (χ2n) is 4.52. The molecule has 3 rings (SSSR count). The number of hydrogen-bond acceptors (Lipinski definition) is 3. The van der Waals surface area contributed by atoms with E-state index in [0.717, 1.165) is 16.7 Å². The first kappa shape index (κ1) is 13.0. The first-order valence-corrected chi connectivity index (χ1v) is 6.44. The molecule has 0 amide bonds. The van der Waals surface area contributed by atoms with Crippen molar-refractivity contribution < 1.29 is 9.90 Å². The third kappa shape index (κ3) is 2.51. The van der Waals surface area contributed by atoms with Crippen LogP contribution in [0.15, 0.2) is 67.3 Å². The van der Waals surface area contributed by atoms with Crippen LogP contribution < -0.4 is 0 Å². The van der Waals surface area contributed by atoms with Gasteiger partial charge in [-0.05, 0) is 23.8 Å². The van der Waals surface area contributed by atoms with Gasteiger partial charge in [0.1, 0.15) is 0 Å². The second kappa shape index (κ2) is 5.54. The number of nitrogens with zero attached hydrogens (tertiary/aromatic N) is 2. The van der Waals surface area contributed by atoms with Crippen molar-refractivity contribution in [1.82, 2.24) is 9.97 Å². The molecule has 0 fully saturated rings. The number of aromatic carboxylic acids is 1. The van der Waals surface area contributed by atoms with Gasteiger partial charge < -0.3 is 5.11 Å². The number of carboxylic acids is 1. The zero-order valence-corrected chi connectivity index (χ0v) is 11.1. The Bertz CT molecular complexity index is 771. The summed E-state index contributed by atoms with van der Waals surface area (Å²) in [5, 5.41) is 9.46. The van der Waals surface area contributed by atoms with Crippen LogP contribution in [0.2, 0.25) is 0 Å². The lowest BCUT2D eigenvalue weighted by Gasteiger charge is -2.12. The third-order valence-electron chi connectivity index (χ3n) is 3.22. The number of rotatable bonds is 3. The van der Waals surface area contributed by atoms with E-state index in [4.69, 9.17) is 0 Å². The summed E-state index contributed by atoms with van der Waals surface area (Å²) < 4.78 is 0. The maximum absolute atomic E-state index is 11.5. The average molecular weight is 276 g/mol. The molecule has 21 heavy (non-hydrogen) atoms. The number of carboxylic acid groups (broad SMARTS) is 1. The van der Waals surface area contributed by atoms with Crippen LogP contribution in [-0.2, 0) is 0 Å². The van der Waals surface area contributed by atoms with E-state index in [1.54, 1.807) is 43.0 Å². The van der Waals surface area contributed by atoms with Crippen LogP contribution in [-0.4, -0.2) is 21.0 Å². The second-order valence-corrected chi connectivity index (χ2v) is 4.52. The summed E-state index contributed by atoms with van der Waals surface area (Å²) >= 11 is 0. The quantitative estimate of drug-likeness (QED) is 0.795. The Labute approximate surface area is 121 Å². The van der Waals surface area contributed by atoms with Crippen LogP contribution in [0.3, 0.4) is 0 Å². The van der Waals surface area contributed by atoms with Gasteiger partial charge in [0, 0.05) is 41.5 Å². The van der Waals surface area contributed by atoms with Gasteiger partial charge >= 0.3 is 5.97 Å². The molecule has 2 heterocycles. The van der Waals surface area contributed by atoms with Gasteiger partial charge in [-0.25, -0.2) is 4.79 Å². The smallest absolute Gasteiger partial charge is 0.336 e. The summed E-state index contributed by atoms with van der Waals surface area (Å²) in [4.78, 5) is 19.7. The molecule has 2 aromatic heterocycles. The van der Waals surface area contributed by atoms with Gasteiger partial charge in [0.2, 0.25) is 0 Å². The topological polar surface area (TPSA) is 63.1 Å². The van der Waals surface area contributed by atoms with Gasteiger partial charge in [0.15, 0.2) is 0 Å². The van der Waals surface area contributed by atoms with Crippen molar-refractivity contribution in [3.8, 4) is 22.3 Å². The van der Waals surface area contributed by atoms with Crippen molar-refractivity contribution in [3.05, 3.63) is 72.8 Å². The predicted molar refractivity (Wildman–Crippen MR) is 79.9 cm³/mol. The van der Waals surface area contributed by atoms with E-state index in [0.29, 0.717) is 5.56 Å². The van der Waals surface area contributed by atoms with E-state index in [-0.39, 0.29) is 5.56 Å². The van der Waals surface area contributed by atoms with Crippen LogP contribution >= 0.6 is 0 Å². The van der Waals surface area contributed by atoms with Crippen molar-refractivity contribution in [2.24, 2.45) is 0 Å². The van der Waals surface area contributed by atoms with Crippen LogP contribution in [0.25, 0.3) is 22.3 Å². The Balaban J connectivity index is 2.31. The van der Waals surface area contributed by atoms with Gasteiger partial charge in [0.05, 0.1) is 5.56 Å². The molecule has 0 aliphatic carbocycles. The zero-order valence-electron chi connectivity index (χ0n) is 11.1. The van der Waals surface area contributed by atoms with E-state index < -0.39 is 5.97 Å². The SMILES string of the molecule is O=C(O)c1cccc(-c2cccnc2)c1-c1cccnc1. The number of hydrogen-bond donors (Lipinski definition) is 1. The van der Waals surface area contributed by atoms with Crippen molar-refractivity contribution in [3.63, 3.8) is 0 Å². The molecule has 0 saturated carbocycles. The minimum atomic E-state index is -0.959. The van der Waals surface area contributed by atoms with Crippen molar-refractivity contribution in [2.45, 2.75) is 0 Å². The number of aromatic nitrogens is 2. The zero-order chi connectivity index (χ0) is 14.7. The summed E-state index contributed by atoms with van der Waals surface area (Å²) in [6, 6.07) is 12.6. The Morgan fingerprint density at radius 3 is 2.10 bits per heavy atom. The van der Waals surface area contributed by atoms with E-state index in [1.807, 2.05) is 24.3 Å². The third-order valence-corrected chi connectivity index (χ3v) is 3.22. The summed E-state index contributed by atoms with van der Waals surface area (Å²) in [6.45, 7) is 0. The summed E-state index contributed by atoms with van der Waals surface area (Å²) in [5.74, 6) is -0.959. The highest BCUT2D eigenvalue weighted by molar-refractivity contribution is 6.01. The van der Waals surface area contributed by atoms with Crippen molar-refractivity contribution >= 4 is 5.97 Å². The van der Waals surface area contributed by atoms with Gasteiger partial charge in [-0.1, -0.05) is 24.3 Å². The Morgan fingerprint density at radius 1 is 0.857 bits per heavy atom. The summed E-state index contributed by atoms with van der Waals surface area (Å²) in [5.41, 5.74) is 3.39. The lowest BCUT2D eigenvalue weighted by atomic mass is 9.92. The first-order chi connectivity index (χ1) is 10.3. The highest BCUT2D eigenvalue weighted by Crippen LogP contribution is 2.34. The molecule has 4 heteroatoms. The summed E-state index contributed by atoms with van der Waals surface area (Å²) in [7, 11) is 0. The molecular weight excluding hydrogens is 264 g/mol. The van der Waals surface area contributed by atoms with Gasteiger partial charge in [-0.2, -0.15) is 0 Å². The Kier molecular flexibility index (Phi) is 3.43. The molecule has 0 spiro atoms. The molecular formula is C17H12N2O2. The van der Waals surface area contributed by atoms with Gasteiger partial charge in [-0.3, -0.25) is 9.97 Å². The molecule has 3 aromatic rings. The standard InChI is InChI=1S/C17H12N2O2/c20-17(21)15-7-1-6-14(12-4-2-8-18-10-12)16(15)13-5-3-9-19-11-13/h1-11H,(H,20,21). The normalized spacial score (nSPS) is 10.3. The fourth-order valence-corrected chi connectivity index (χ4v) is 2.31. The molecule has 0 radical (unpaired) electrons. The largest absolute Gasteiger partial charge is 0.478 e. The lowest BCUT2D eigenvalue weighted by molar-refractivity contribution is 0.0698. The Morgan fingerprint density at radius 2 is 1.52 bits per heavy atom. The highest BCUT2D eigenvalue weighted by atomic mass is 16.4. The molecule has 0 aliphatic rings. The van der Waals surface area contributed by atoms with Crippen molar-refractivity contribution in [1.29, 1.82) is 0 Å². The maximum Gasteiger partial charge on any atom is 0.336 e. The first-order valence-electron chi connectivity index (χ1n) is 6.44. The van der Waals surface area contributed by atoms with Crippen LogP contribution in [0.4, 0.5) is 0 Å². The van der Waals surface area contributed by atoms with Crippen LogP contribution in [0.1, 0.15) is 10.4 Å². The molecule has 0 saturated heterocycles. The minimum absolute atomic E-state index is 0.254. The lowest BCUT2D eigenvalue weighted by Crippen LogP contribution is -2.01. The molecule has 102 valence electrons. The van der Waals surface area contributed by atoms with Crippen LogP contribution in [0, 0.1) is 0 Å². The maximum atomic E-state index is 11.5. The van der Waals surface area contributed by atoms with Crippen molar-refractivity contribution in [2.75, 3.05) is 0 Å². The number of pyridine rings is 2. The fraction of sp³-hybridized carbons (Fsp3) is 0. The molecule has 0 atom stereocenters. The predicted octanol–water partition coefficient (Wildman–Crippen LogP) is 3.51. The van der Waals surface area contributed by atoms with Gasteiger partial charge in [0.25, 0.3) is 0 Å². The number of carbonyl (C=O) groups is 1. The van der Waals surface area contributed by atoms with E-state index in [9.17, 15) is 9.90 Å². The van der Waals surface area contributed by atoms with E-state index >= 15 is 0 Å². The average Bonchev–Trinajstić information content (AvgIpc) is 2.55. The fourth-order valence-electron chi connectivity index (χ4n) is 2.31. The van der Waals surface area contributed by atoms with Gasteiger partial charge in [-0.15, -0.1) is 0 Å². The van der Waals surface area contributed by atoms with E-state index in [1.165, 1.54) is 0 Å². The minimum Gasteiger partial charge on any atom is -0.478 e. The molecule has 0 aliphatic heterocycles. The Hall–Kier alpha value is -3.01. The monoisotopic (exact) mass is 276 g/mol.